The quantitative estimate of drug-likeness (QED) is 0.632. The zero-order chi connectivity index (χ0) is 13.8. The molecule has 0 atom stereocenters. The monoisotopic (exact) mass is 263 g/mol. The third-order valence-corrected chi connectivity index (χ3v) is 2.38. The molecule has 19 heavy (non-hydrogen) atoms. The summed E-state index contributed by atoms with van der Waals surface area (Å²) in [6.45, 7) is 0.0947. The lowest BCUT2D eigenvalue weighted by Crippen LogP contribution is -2.23. The van der Waals surface area contributed by atoms with Crippen molar-refractivity contribution < 1.29 is 19.3 Å². The Hall–Kier alpha value is -2.90. The lowest BCUT2D eigenvalue weighted by atomic mass is 10.1. The number of nitrogens with one attached hydrogen (secondary N) is 1. The molecule has 1 aromatic heterocycles. The predicted octanol–water partition coefficient (Wildman–Crippen LogP) is 1.22. The van der Waals surface area contributed by atoms with E-state index in [1.54, 1.807) is 6.07 Å². The first-order valence-corrected chi connectivity index (χ1v) is 5.23. The minimum Gasteiger partial charge on any atom is -0.502 e. The highest BCUT2D eigenvalue weighted by Crippen LogP contribution is 2.29. The number of amides is 1. The van der Waals surface area contributed by atoms with Crippen LogP contribution in [0.4, 0.5) is 5.69 Å². The van der Waals surface area contributed by atoms with Crippen LogP contribution in [-0.4, -0.2) is 21.1 Å². The maximum absolute atomic E-state index is 11.8. The van der Waals surface area contributed by atoms with Crippen molar-refractivity contribution in [2.24, 2.45) is 0 Å². The molecule has 1 amide bonds. The van der Waals surface area contributed by atoms with Crippen LogP contribution in [0.15, 0.2) is 35.1 Å². The number of carbonyl (C=O) groups excluding carboxylic acids is 1. The Labute approximate surface area is 106 Å². The summed E-state index contributed by atoms with van der Waals surface area (Å²) < 4.78 is 4.59. The van der Waals surface area contributed by atoms with E-state index < -0.39 is 22.3 Å². The molecule has 0 radical (unpaired) electrons. The second kappa shape index (κ2) is 5.17. The van der Waals surface area contributed by atoms with Crippen molar-refractivity contribution in [3.63, 3.8) is 0 Å². The molecule has 1 aromatic carbocycles. The molecule has 2 rings (SSSR count). The van der Waals surface area contributed by atoms with Gasteiger partial charge in [-0.3, -0.25) is 14.9 Å². The third kappa shape index (κ3) is 2.68. The van der Waals surface area contributed by atoms with E-state index in [4.69, 9.17) is 0 Å². The Kier molecular flexibility index (Phi) is 3.42. The average molecular weight is 263 g/mol. The van der Waals surface area contributed by atoms with E-state index in [1.165, 1.54) is 18.4 Å². The van der Waals surface area contributed by atoms with Gasteiger partial charge < -0.3 is 14.9 Å². The summed E-state index contributed by atoms with van der Waals surface area (Å²) in [7, 11) is 0. The van der Waals surface area contributed by atoms with Gasteiger partial charge in [0.2, 0.25) is 5.75 Å². The lowest BCUT2D eigenvalue weighted by Gasteiger charge is -2.05. The van der Waals surface area contributed by atoms with Gasteiger partial charge in [-0.25, -0.2) is 0 Å². The van der Waals surface area contributed by atoms with Gasteiger partial charge in [0.05, 0.1) is 17.0 Å². The predicted molar refractivity (Wildman–Crippen MR) is 62.4 cm³/mol. The molecule has 0 saturated heterocycles. The number of hydrogen-bond donors (Lipinski definition) is 2. The fourth-order valence-corrected chi connectivity index (χ4v) is 1.46. The van der Waals surface area contributed by atoms with E-state index in [0.717, 1.165) is 6.07 Å². The number of hydrogen-bond acceptors (Lipinski definition) is 6. The summed E-state index contributed by atoms with van der Waals surface area (Å²) >= 11 is 0. The van der Waals surface area contributed by atoms with E-state index >= 15 is 0 Å². The molecule has 98 valence electrons. The van der Waals surface area contributed by atoms with Gasteiger partial charge in [-0.05, 0) is 6.07 Å². The first-order valence-electron chi connectivity index (χ1n) is 5.23. The van der Waals surface area contributed by atoms with Gasteiger partial charge in [0, 0.05) is 12.1 Å². The second-order valence-electron chi connectivity index (χ2n) is 3.60. The zero-order valence-corrected chi connectivity index (χ0v) is 9.57. The molecule has 8 nitrogen and oxygen atoms in total. The number of phenols is 1. The Morgan fingerprint density at radius 3 is 2.89 bits per heavy atom. The number of benzene rings is 1. The summed E-state index contributed by atoms with van der Waals surface area (Å²) in [6, 6.07) is 5.29. The van der Waals surface area contributed by atoms with Gasteiger partial charge in [-0.1, -0.05) is 11.2 Å². The standard InChI is InChI=1S/C11H9N3O5/c15-10-8(2-1-3-9(10)14(17)18)11(16)12-6-7-4-5-19-13-7/h1-5,15H,6H2,(H,12,16). The number of nitrogens with zero attached hydrogens (tertiary/aromatic N) is 2. The molecule has 0 aliphatic heterocycles. The first kappa shape index (κ1) is 12.6. The fraction of sp³-hybridized carbons (Fsp3) is 0.0909. The van der Waals surface area contributed by atoms with Crippen molar-refractivity contribution in [1.82, 2.24) is 10.5 Å². The molecule has 1 heterocycles. The molecule has 0 aliphatic carbocycles. The van der Waals surface area contributed by atoms with E-state index in [9.17, 15) is 20.0 Å². The van der Waals surface area contributed by atoms with Gasteiger partial charge in [-0.15, -0.1) is 0 Å². The van der Waals surface area contributed by atoms with E-state index in [-0.39, 0.29) is 12.1 Å². The van der Waals surface area contributed by atoms with Gasteiger partial charge >= 0.3 is 5.69 Å². The minimum atomic E-state index is -0.760. The molecule has 0 fully saturated rings. The third-order valence-electron chi connectivity index (χ3n) is 2.38. The fourth-order valence-electron chi connectivity index (χ4n) is 1.46. The molecular formula is C11H9N3O5. The molecule has 2 aromatic rings. The van der Waals surface area contributed by atoms with Crippen LogP contribution in [0.25, 0.3) is 0 Å². The summed E-state index contributed by atoms with van der Waals surface area (Å²) in [5.41, 5.74) is -0.190. The van der Waals surface area contributed by atoms with Crippen LogP contribution in [0.1, 0.15) is 16.1 Å². The van der Waals surface area contributed by atoms with E-state index in [2.05, 4.69) is 15.0 Å². The molecule has 0 aliphatic rings. The van der Waals surface area contributed by atoms with Crippen LogP contribution in [0.5, 0.6) is 5.75 Å². The van der Waals surface area contributed by atoms with Gasteiger partial charge in [0.25, 0.3) is 5.91 Å². The summed E-state index contributed by atoms with van der Waals surface area (Å²) in [5, 5.41) is 26.3. The van der Waals surface area contributed by atoms with Crippen LogP contribution < -0.4 is 5.32 Å². The van der Waals surface area contributed by atoms with Crippen LogP contribution in [0.2, 0.25) is 0 Å². The van der Waals surface area contributed by atoms with Gasteiger partial charge in [0.15, 0.2) is 0 Å². The van der Waals surface area contributed by atoms with Crippen molar-refractivity contribution >= 4 is 11.6 Å². The van der Waals surface area contributed by atoms with Crippen molar-refractivity contribution in [3.05, 3.63) is 51.9 Å². The summed E-state index contributed by atoms with van der Waals surface area (Å²) in [4.78, 5) is 21.7. The van der Waals surface area contributed by atoms with E-state index in [1.807, 2.05) is 0 Å². The zero-order valence-electron chi connectivity index (χ0n) is 9.57. The Morgan fingerprint density at radius 2 is 2.26 bits per heavy atom. The maximum Gasteiger partial charge on any atom is 0.311 e. The van der Waals surface area contributed by atoms with Crippen LogP contribution >= 0.6 is 0 Å². The van der Waals surface area contributed by atoms with Crippen LogP contribution in [-0.2, 0) is 6.54 Å². The number of aromatic nitrogens is 1. The smallest absolute Gasteiger partial charge is 0.311 e. The summed E-state index contributed by atoms with van der Waals surface area (Å²) in [6.07, 6.45) is 1.35. The van der Waals surface area contributed by atoms with Crippen molar-refractivity contribution in [1.29, 1.82) is 0 Å². The largest absolute Gasteiger partial charge is 0.502 e. The van der Waals surface area contributed by atoms with E-state index in [0.29, 0.717) is 5.69 Å². The molecule has 0 unspecified atom stereocenters. The second-order valence-corrected chi connectivity index (χ2v) is 3.60. The SMILES string of the molecule is O=C(NCc1ccon1)c1cccc([N+](=O)[O-])c1O. The number of rotatable bonds is 4. The van der Waals surface area contributed by atoms with Crippen molar-refractivity contribution in [3.8, 4) is 5.75 Å². The molecule has 0 bridgehead atoms. The normalized spacial score (nSPS) is 10.1. The van der Waals surface area contributed by atoms with Crippen LogP contribution in [0, 0.1) is 10.1 Å². The van der Waals surface area contributed by atoms with Crippen molar-refractivity contribution in [2.75, 3.05) is 0 Å². The first-order chi connectivity index (χ1) is 9.09. The number of nitro groups is 1. The number of carbonyl (C=O) groups is 1. The number of para-hydroxylation sites is 1. The number of aromatic hydroxyl groups is 1. The van der Waals surface area contributed by atoms with Gasteiger partial charge in [0.1, 0.15) is 12.0 Å². The maximum atomic E-state index is 11.8. The molecule has 0 spiro atoms. The molecule has 2 N–H and O–H groups in total. The van der Waals surface area contributed by atoms with Crippen LogP contribution in [0.3, 0.4) is 0 Å². The minimum absolute atomic E-state index is 0.0947. The molecule has 8 heteroatoms. The highest BCUT2D eigenvalue weighted by atomic mass is 16.6. The number of phenolic OH excluding ortho intramolecular Hbond substituents is 1. The van der Waals surface area contributed by atoms with Crippen molar-refractivity contribution in [2.45, 2.75) is 6.54 Å². The molecule has 0 saturated carbocycles. The highest BCUT2D eigenvalue weighted by molar-refractivity contribution is 5.97. The Bertz CT molecular complexity index is 609. The average Bonchev–Trinajstić information content (AvgIpc) is 2.89. The lowest BCUT2D eigenvalue weighted by molar-refractivity contribution is -0.385. The van der Waals surface area contributed by atoms with Gasteiger partial charge in [-0.2, -0.15) is 0 Å². The highest BCUT2D eigenvalue weighted by Gasteiger charge is 2.20. The topological polar surface area (TPSA) is 119 Å². The number of nitro benzene ring substituents is 1. The summed E-state index contributed by atoms with van der Waals surface area (Å²) in [5.74, 6) is -1.30. The Balaban J connectivity index is 2.15. The molecular weight excluding hydrogens is 254 g/mol. The Morgan fingerprint density at radius 1 is 1.47 bits per heavy atom.